The highest BCUT2D eigenvalue weighted by atomic mass is 16.5. The van der Waals surface area contributed by atoms with Crippen LogP contribution in [-0.4, -0.2) is 25.7 Å². The second-order valence-corrected chi connectivity index (χ2v) is 4.58. The Bertz CT molecular complexity index is 448. The number of carbonyl (C=O) groups is 1. The average Bonchev–Trinajstić information content (AvgIpc) is 2.78. The van der Waals surface area contributed by atoms with Crippen LogP contribution >= 0.6 is 0 Å². The van der Waals surface area contributed by atoms with Crippen molar-refractivity contribution in [2.45, 2.75) is 25.8 Å². The van der Waals surface area contributed by atoms with Gasteiger partial charge < -0.3 is 20.5 Å². The highest BCUT2D eigenvalue weighted by Crippen LogP contribution is 2.35. The molecule has 0 saturated heterocycles. The van der Waals surface area contributed by atoms with Crippen molar-refractivity contribution in [3.8, 4) is 11.5 Å². The molecule has 5 heteroatoms. The molecule has 0 fully saturated rings. The molecule has 0 saturated carbocycles. The summed E-state index contributed by atoms with van der Waals surface area (Å²) < 4.78 is 11.1. The zero-order chi connectivity index (χ0) is 13.7. The van der Waals surface area contributed by atoms with E-state index in [1.165, 1.54) is 0 Å². The molecule has 0 spiro atoms. The first-order chi connectivity index (χ1) is 9.20. The Morgan fingerprint density at radius 1 is 1.58 bits per heavy atom. The summed E-state index contributed by atoms with van der Waals surface area (Å²) >= 11 is 0. The van der Waals surface area contributed by atoms with Gasteiger partial charge >= 0.3 is 0 Å². The molecule has 0 aliphatic carbocycles. The lowest BCUT2D eigenvalue weighted by Gasteiger charge is -2.10. The molecule has 3 N–H and O–H groups in total. The van der Waals surface area contributed by atoms with Crippen molar-refractivity contribution in [1.29, 1.82) is 0 Å². The molecular formula is C14H20N2O3. The minimum atomic E-state index is -0.360. The van der Waals surface area contributed by atoms with Crippen molar-refractivity contribution in [2.75, 3.05) is 19.8 Å². The van der Waals surface area contributed by atoms with Crippen LogP contribution in [0.2, 0.25) is 0 Å². The minimum absolute atomic E-state index is 0.221. The molecule has 1 aromatic carbocycles. The van der Waals surface area contributed by atoms with Gasteiger partial charge in [0.2, 0.25) is 5.91 Å². The quantitative estimate of drug-likeness (QED) is 0.780. The van der Waals surface area contributed by atoms with Crippen LogP contribution in [0.1, 0.15) is 31.4 Å². The van der Waals surface area contributed by atoms with Crippen LogP contribution in [0.15, 0.2) is 18.2 Å². The lowest BCUT2D eigenvalue weighted by molar-refractivity contribution is -0.118. The van der Waals surface area contributed by atoms with E-state index < -0.39 is 0 Å². The Balaban J connectivity index is 1.95. The number of hydrogen-bond acceptors (Lipinski definition) is 4. The van der Waals surface area contributed by atoms with Gasteiger partial charge in [0.15, 0.2) is 0 Å². The van der Waals surface area contributed by atoms with E-state index in [0.717, 1.165) is 24.3 Å². The summed E-state index contributed by atoms with van der Waals surface area (Å²) in [5, 5.41) is 3.44. The van der Waals surface area contributed by atoms with Gasteiger partial charge in [0.1, 0.15) is 18.1 Å². The van der Waals surface area contributed by atoms with Gasteiger partial charge in [-0.3, -0.25) is 4.79 Å². The zero-order valence-electron chi connectivity index (χ0n) is 11.1. The summed E-state index contributed by atoms with van der Waals surface area (Å²) in [6, 6.07) is 6.03. The van der Waals surface area contributed by atoms with Gasteiger partial charge in [0, 0.05) is 11.6 Å². The summed E-state index contributed by atoms with van der Waals surface area (Å²) in [4.78, 5) is 10.6. The molecule has 1 amide bonds. The smallest absolute Gasteiger partial charge is 0.220 e. The fourth-order valence-electron chi connectivity index (χ4n) is 2.04. The van der Waals surface area contributed by atoms with E-state index in [2.05, 4.69) is 12.2 Å². The molecule has 1 aliphatic heterocycles. The number of amides is 1. The van der Waals surface area contributed by atoms with Crippen molar-refractivity contribution in [3.05, 3.63) is 23.8 Å². The Morgan fingerprint density at radius 2 is 2.42 bits per heavy atom. The second kappa shape index (κ2) is 6.43. The molecule has 1 atom stereocenters. The van der Waals surface area contributed by atoms with Gasteiger partial charge in [-0.2, -0.15) is 0 Å². The van der Waals surface area contributed by atoms with E-state index in [1.807, 2.05) is 18.2 Å². The lowest BCUT2D eigenvalue weighted by Crippen LogP contribution is -2.22. The van der Waals surface area contributed by atoms with Gasteiger partial charge in [0.05, 0.1) is 19.1 Å². The molecular weight excluding hydrogens is 244 g/mol. The normalized spacial score (nSPS) is 16.8. The molecule has 0 radical (unpaired) electrons. The summed E-state index contributed by atoms with van der Waals surface area (Å²) in [6.07, 6.45) is 1.32. The third kappa shape index (κ3) is 3.61. The van der Waals surface area contributed by atoms with Crippen LogP contribution in [0, 0.1) is 0 Å². The molecule has 1 unspecified atom stereocenters. The molecule has 1 aromatic rings. The van der Waals surface area contributed by atoms with E-state index in [4.69, 9.17) is 15.2 Å². The largest absolute Gasteiger partial charge is 0.493 e. The van der Waals surface area contributed by atoms with Crippen LogP contribution in [0.3, 0.4) is 0 Å². The molecule has 5 nitrogen and oxygen atoms in total. The molecule has 19 heavy (non-hydrogen) atoms. The van der Waals surface area contributed by atoms with E-state index in [0.29, 0.717) is 19.0 Å². The van der Waals surface area contributed by atoms with E-state index in [1.54, 1.807) is 0 Å². The number of nitrogens with two attached hydrogens (primary N) is 1. The van der Waals surface area contributed by atoms with Crippen LogP contribution in [-0.2, 0) is 4.79 Å². The highest BCUT2D eigenvalue weighted by Gasteiger charge is 2.23. The van der Waals surface area contributed by atoms with Gasteiger partial charge in [0.25, 0.3) is 0 Å². The van der Waals surface area contributed by atoms with E-state index in [9.17, 15) is 4.79 Å². The first kappa shape index (κ1) is 13.7. The molecule has 0 aromatic heterocycles. The molecule has 2 rings (SSSR count). The van der Waals surface area contributed by atoms with Crippen molar-refractivity contribution < 1.29 is 14.3 Å². The van der Waals surface area contributed by atoms with Gasteiger partial charge in [-0.25, -0.2) is 0 Å². The minimum Gasteiger partial charge on any atom is -0.493 e. The number of ether oxygens (including phenoxy) is 2. The monoisotopic (exact) mass is 264 g/mol. The first-order valence-corrected chi connectivity index (χ1v) is 6.62. The Labute approximate surface area is 113 Å². The Morgan fingerprint density at radius 3 is 3.16 bits per heavy atom. The number of primary amides is 1. The molecule has 1 aliphatic rings. The van der Waals surface area contributed by atoms with Gasteiger partial charge in [-0.15, -0.1) is 0 Å². The number of fused-ring (bicyclic) bond motifs is 1. The maximum absolute atomic E-state index is 10.6. The van der Waals surface area contributed by atoms with Crippen LogP contribution in [0.25, 0.3) is 0 Å². The SMILES string of the molecule is CCCNC1COc2cc(OCCC(N)=O)ccc21. The number of hydrogen-bond donors (Lipinski definition) is 2. The highest BCUT2D eigenvalue weighted by molar-refractivity contribution is 5.73. The predicted molar refractivity (Wildman–Crippen MR) is 72.3 cm³/mol. The number of rotatable bonds is 7. The first-order valence-electron chi connectivity index (χ1n) is 6.62. The number of nitrogens with one attached hydrogen (secondary N) is 1. The number of carbonyl (C=O) groups excluding carboxylic acids is 1. The number of benzene rings is 1. The second-order valence-electron chi connectivity index (χ2n) is 4.58. The summed E-state index contributed by atoms with van der Waals surface area (Å²) in [7, 11) is 0. The summed E-state index contributed by atoms with van der Waals surface area (Å²) in [5.41, 5.74) is 6.22. The third-order valence-corrected chi connectivity index (χ3v) is 3.02. The van der Waals surface area contributed by atoms with Crippen molar-refractivity contribution in [2.24, 2.45) is 5.73 Å². The Kier molecular flexibility index (Phi) is 4.63. The predicted octanol–water partition coefficient (Wildman–Crippen LogP) is 1.37. The molecule has 104 valence electrons. The van der Waals surface area contributed by atoms with Crippen molar-refractivity contribution >= 4 is 5.91 Å². The summed E-state index contributed by atoms with van der Waals surface area (Å²) in [5.74, 6) is 1.20. The fraction of sp³-hybridized carbons (Fsp3) is 0.500. The topological polar surface area (TPSA) is 73.6 Å². The van der Waals surface area contributed by atoms with E-state index >= 15 is 0 Å². The van der Waals surface area contributed by atoms with Crippen LogP contribution in [0.4, 0.5) is 0 Å². The fourth-order valence-corrected chi connectivity index (χ4v) is 2.04. The van der Waals surface area contributed by atoms with Crippen molar-refractivity contribution in [3.63, 3.8) is 0 Å². The van der Waals surface area contributed by atoms with E-state index in [-0.39, 0.29) is 18.4 Å². The van der Waals surface area contributed by atoms with Crippen LogP contribution < -0.4 is 20.5 Å². The maximum atomic E-state index is 10.6. The molecule has 1 heterocycles. The average molecular weight is 264 g/mol. The lowest BCUT2D eigenvalue weighted by atomic mass is 10.1. The third-order valence-electron chi connectivity index (χ3n) is 3.02. The molecule has 0 bridgehead atoms. The standard InChI is InChI=1S/C14H20N2O3/c1-2-6-16-12-9-19-13-8-10(3-4-11(12)13)18-7-5-14(15)17/h3-4,8,12,16H,2,5-7,9H2,1H3,(H2,15,17). The Hall–Kier alpha value is -1.75. The van der Waals surface area contributed by atoms with Gasteiger partial charge in [-0.1, -0.05) is 6.92 Å². The summed E-state index contributed by atoms with van der Waals surface area (Å²) in [6.45, 7) is 4.06. The maximum Gasteiger partial charge on any atom is 0.220 e. The van der Waals surface area contributed by atoms with Gasteiger partial charge in [-0.05, 0) is 25.1 Å². The zero-order valence-corrected chi connectivity index (χ0v) is 11.1. The van der Waals surface area contributed by atoms with Crippen LogP contribution in [0.5, 0.6) is 11.5 Å². The van der Waals surface area contributed by atoms with Crippen molar-refractivity contribution in [1.82, 2.24) is 5.32 Å².